The molecule has 5 aromatic rings. The molecule has 39 heavy (non-hydrogen) atoms. The van der Waals surface area contributed by atoms with E-state index in [9.17, 15) is 18.4 Å². The molecule has 0 saturated heterocycles. The van der Waals surface area contributed by atoms with Gasteiger partial charge in [-0.15, -0.1) is 11.3 Å². The molecule has 5 rings (SSSR count). The lowest BCUT2D eigenvalue weighted by Crippen LogP contribution is -2.22. The summed E-state index contributed by atoms with van der Waals surface area (Å²) in [4.78, 5) is 28.2. The summed E-state index contributed by atoms with van der Waals surface area (Å²) in [5.41, 5.74) is 2.35. The van der Waals surface area contributed by atoms with Crippen LogP contribution in [0.15, 0.2) is 76.3 Å². The minimum absolute atomic E-state index is 0.0182. The third-order valence-electron chi connectivity index (χ3n) is 6.35. The Kier molecular flexibility index (Phi) is 7.17. The third-order valence-corrected chi connectivity index (χ3v) is 7.39. The van der Waals surface area contributed by atoms with E-state index < -0.39 is 11.6 Å². The molecule has 0 aliphatic heterocycles. The summed E-state index contributed by atoms with van der Waals surface area (Å²) in [5.74, 6) is -1.42. The molecule has 0 radical (unpaired) electrons. The van der Waals surface area contributed by atoms with Crippen LogP contribution in [-0.2, 0) is 7.05 Å². The van der Waals surface area contributed by atoms with Crippen LogP contribution in [0.3, 0.4) is 0 Å². The maximum Gasteiger partial charge on any atom is 0.266 e. The first-order valence-corrected chi connectivity index (χ1v) is 12.9. The minimum Gasteiger partial charge on any atom is -0.490 e. The van der Waals surface area contributed by atoms with Gasteiger partial charge in [0.05, 0.1) is 20.4 Å². The smallest absolute Gasteiger partial charge is 0.266 e. The summed E-state index contributed by atoms with van der Waals surface area (Å²) in [6.07, 6.45) is 0. The molecule has 0 aliphatic rings. The molecular formula is C30H24F2N2O4S. The van der Waals surface area contributed by atoms with Crippen molar-refractivity contribution in [2.24, 2.45) is 7.05 Å². The summed E-state index contributed by atoms with van der Waals surface area (Å²) in [6.45, 7) is 5.77. The Hall–Kier alpha value is -4.50. The number of rotatable bonds is 7. The molecule has 0 bridgehead atoms. The highest BCUT2D eigenvalue weighted by molar-refractivity contribution is 7.07. The number of ether oxygens (including phenoxy) is 2. The first kappa shape index (κ1) is 26.1. The van der Waals surface area contributed by atoms with E-state index in [0.29, 0.717) is 37.1 Å². The molecule has 0 aliphatic carbocycles. The number of pyridine rings is 1. The molecule has 2 aromatic heterocycles. The second-order valence-corrected chi connectivity index (χ2v) is 9.98. The van der Waals surface area contributed by atoms with Crippen LogP contribution in [0.4, 0.5) is 8.78 Å². The van der Waals surface area contributed by atoms with Crippen molar-refractivity contribution in [2.45, 2.75) is 6.92 Å². The molecule has 0 fully saturated rings. The zero-order valence-electron chi connectivity index (χ0n) is 21.2. The third kappa shape index (κ3) is 5.13. The van der Waals surface area contributed by atoms with Crippen LogP contribution in [0.25, 0.3) is 34.3 Å². The minimum atomic E-state index is -1.02. The van der Waals surface area contributed by atoms with Crippen LogP contribution in [0.1, 0.15) is 12.5 Å². The number of fused-ring (bicyclic) bond motifs is 1. The number of nitrogens with one attached hydrogen (secondary N) is 1. The number of H-pyrrole nitrogens is 1. The van der Waals surface area contributed by atoms with E-state index in [4.69, 9.17) is 9.47 Å². The van der Waals surface area contributed by atoms with Crippen LogP contribution in [-0.4, -0.2) is 22.8 Å². The first-order chi connectivity index (χ1) is 18.7. The maximum absolute atomic E-state index is 14.1. The van der Waals surface area contributed by atoms with Crippen molar-refractivity contribution in [1.29, 1.82) is 0 Å². The summed E-state index contributed by atoms with van der Waals surface area (Å²) in [5, 5.41) is 0.440. The lowest BCUT2D eigenvalue weighted by atomic mass is 10.1. The second-order valence-electron chi connectivity index (χ2n) is 8.87. The van der Waals surface area contributed by atoms with E-state index in [1.165, 1.54) is 17.4 Å². The van der Waals surface area contributed by atoms with Crippen molar-refractivity contribution in [3.63, 3.8) is 0 Å². The van der Waals surface area contributed by atoms with Crippen molar-refractivity contribution in [1.82, 2.24) is 9.55 Å². The Bertz CT molecular complexity index is 1940. The van der Waals surface area contributed by atoms with Crippen molar-refractivity contribution < 1.29 is 18.3 Å². The Morgan fingerprint density at radius 3 is 2.49 bits per heavy atom. The van der Waals surface area contributed by atoms with Gasteiger partial charge in [-0.1, -0.05) is 30.8 Å². The van der Waals surface area contributed by atoms with E-state index in [0.717, 1.165) is 23.3 Å². The van der Waals surface area contributed by atoms with Crippen molar-refractivity contribution in [2.75, 3.05) is 13.2 Å². The fraction of sp³-hybridized carbons (Fsp3) is 0.133. The summed E-state index contributed by atoms with van der Waals surface area (Å²) in [6, 6.07) is 17.8. The van der Waals surface area contributed by atoms with Crippen LogP contribution in [0.5, 0.6) is 11.5 Å². The second kappa shape index (κ2) is 10.7. The number of halogens is 2. The molecule has 0 unspecified atom stereocenters. The predicted octanol–water partition coefficient (Wildman–Crippen LogP) is 4.32. The first-order valence-electron chi connectivity index (χ1n) is 12.1. The normalized spacial score (nSPS) is 12.0. The summed E-state index contributed by atoms with van der Waals surface area (Å²) >= 11 is 1.29. The number of aromatic nitrogens is 2. The van der Waals surface area contributed by atoms with Gasteiger partial charge in [0.25, 0.3) is 5.56 Å². The molecule has 198 valence electrons. The van der Waals surface area contributed by atoms with Gasteiger partial charge in [0.2, 0.25) is 5.43 Å². The van der Waals surface area contributed by atoms with Gasteiger partial charge in [0.1, 0.15) is 19.0 Å². The molecule has 2 heterocycles. The Balaban J connectivity index is 1.42. The van der Waals surface area contributed by atoms with E-state index >= 15 is 0 Å². The average Bonchev–Trinajstić information content (AvgIpc) is 3.28. The highest BCUT2D eigenvalue weighted by atomic mass is 32.1. The number of aryl methyl sites for hydroxylation is 1. The zero-order chi connectivity index (χ0) is 27.7. The molecule has 0 spiro atoms. The highest BCUT2D eigenvalue weighted by Gasteiger charge is 2.19. The number of benzene rings is 3. The number of hydrogen-bond acceptors (Lipinski definition) is 5. The predicted molar refractivity (Wildman–Crippen MR) is 150 cm³/mol. The fourth-order valence-electron chi connectivity index (χ4n) is 4.44. The topological polar surface area (TPSA) is 73.3 Å². The van der Waals surface area contributed by atoms with Crippen molar-refractivity contribution >= 4 is 34.4 Å². The number of thiazole rings is 1. The Morgan fingerprint density at radius 1 is 0.974 bits per heavy atom. The van der Waals surface area contributed by atoms with Gasteiger partial charge in [-0.3, -0.25) is 9.59 Å². The number of nitrogens with zero attached hydrogens (tertiary/aromatic N) is 1. The fourth-order valence-corrected chi connectivity index (χ4v) is 5.25. The molecule has 9 heteroatoms. The van der Waals surface area contributed by atoms with Crippen LogP contribution < -0.4 is 29.7 Å². The molecule has 1 N–H and O–H groups in total. The summed E-state index contributed by atoms with van der Waals surface area (Å²) in [7, 11) is 1.74. The molecule has 0 amide bonds. The number of hydrogen-bond donors (Lipinski definition) is 1. The van der Waals surface area contributed by atoms with E-state index in [-0.39, 0.29) is 30.0 Å². The molecule has 6 nitrogen and oxygen atoms in total. The van der Waals surface area contributed by atoms with Crippen LogP contribution >= 0.6 is 11.3 Å². The highest BCUT2D eigenvalue weighted by Crippen LogP contribution is 2.31. The Morgan fingerprint density at radius 2 is 1.74 bits per heavy atom. The van der Waals surface area contributed by atoms with E-state index in [2.05, 4.69) is 11.6 Å². The lowest BCUT2D eigenvalue weighted by molar-refractivity contribution is 0.216. The summed E-state index contributed by atoms with van der Waals surface area (Å²) < 4.78 is 42.5. The quantitative estimate of drug-likeness (QED) is 0.309. The van der Waals surface area contributed by atoms with Crippen LogP contribution in [0.2, 0.25) is 0 Å². The van der Waals surface area contributed by atoms with Gasteiger partial charge in [-0.05, 0) is 60.5 Å². The monoisotopic (exact) mass is 546 g/mol. The van der Waals surface area contributed by atoms with E-state index in [1.807, 2.05) is 25.1 Å². The maximum atomic E-state index is 14.1. The Labute approximate surface area is 225 Å². The van der Waals surface area contributed by atoms with Gasteiger partial charge in [-0.25, -0.2) is 8.78 Å². The SMILES string of the molecule is C=c1[nH]c(=O)/c(=C(/C)c2cccc(OCCOc3c(-c4ccc(F)c(F)c4)n(C)c4ccccc4c3=O)c2)s1. The van der Waals surface area contributed by atoms with Crippen molar-refractivity contribution in [3.8, 4) is 22.8 Å². The largest absolute Gasteiger partial charge is 0.490 e. The van der Waals surface area contributed by atoms with Gasteiger partial charge >= 0.3 is 0 Å². The van der Waals surface area contributed by atoms with Crippen LogP contribution in [0, 0.1) is 11.6 Å². The van der Waals surface area contributed by atoms with Gasteiger partial charge in [0, 0.05) is 18.0 Å². The zero-order valence-corrected chi connectivity index (χ0v) is 22.0. The van der Waals surface area contributed by atoms with Gasteiger partial charge in [0.15, 0.2) is 17.4 Å². The average molecular weight is 547 g/mol. The lowest BCUT2D eigenvalue weighted by Gasteiger charge is -2.18. The molecular weight excluding hydrogens is 522 g/mol. The van der Waals surface area contributed by atoms with Gasteiger partial charge in [-0.2, -0.15) is 0 Å². The number of para-hydroxylation sites is 1. The van der Waals surface area contributed by atoms with Gasteiger partial charge < -0.3 is 19.0 Å². The van der Waals surface area contributed by atoms with Crippen molar-refractivity contribution in [3.05, 3.63) is 114 Å². The number of aromatic amines is 1. The molecule has 3 aromatic carbocycles. The molecule has 0 atom stereocenters. The standard InChI is InChI=1S/C30H24F2N2O4S/c1-17(29-30(36)33-18(2)39-29)19-7-6-8-21(15-19)37-13-14-38-28-26(20-11-12-23(31)24(32)16-20)34(3)25-10-5-4-9-22(25)27(28)35/h4-12,15-16H,2,13-14H2,1,3H3,(H,33,36)/b29-17+. The molecule has 0 saturated carbocycles. The van der Waals surface area contributed by atoms with E-state index in [1.54, 1.807) is 41.9 Å².